The number of allylic oxidation sites excluding steroid dienone is 1. The Balaban J connectivity index is 2.80. The summed E-state index contributed by atoms with van der Waals surface area (Å²) in [5.41, 5.74) is 0.897. The average molecular weight is 192 g/mol. The molecule has 0 amide bonds. The maximum absolute atomic E-state index is 11.5. The van der Waals surface area contributed by atoms with Crippen molar-refractivity contribution in [3.05, 3.63) is 22.5 Å². The lowest BCUT2D eigenvalue weighted by atomic mass is 9.93. The summed E-state index contributed by atoms with van der Waals surface area (Å²) in [5, 5.41) is 15.9. The number of hydrogen-bond acceptors (Lipinski definition) is 4. The third-order valence-electron chi connectivity index (χ3n) is 2.30. The van der Waals surface area contributed by atoms with Crippen molar-refractivity contribution in [3.8, 4) is 0 Å². The van der Waals surface area contributed by atoms with Crippen molar-refractivity contribution in [3.63, 3.8) is 0 Å². The molecule has 0 spiro atoms. The van der Waals surface area contributed by atoms with Crippen molar-refractivity contribution in [2.45, 2.75) is 13.8 Å². The normalized spacial score (nSPS) is 16.1. The van der Waals surface area contributed by atoms with Gasteiger partial charge in [-0.1, -0.05) is 0 Å². The molecule has 2 rings (SSSR count). The molecule has 0 saturated carbocycles. The third kappa shape index (κ3) is 0.863. The minimum absolute atomic E-state index is 0.0500. The van der Waals surface area contributed by atoms with Crippen molar-refractivity contribution in [2.75, 3.05) is 0 Å². The van der Waals surface area contributed by atoms with Crippen LogP contribution in [0.1, 0.15) is 28.7 Å². The van der Waals surface area contributed by atoms with Crippen LogP contribution in [0.2, 0.25) is 0 Å². The number of aliphatic hydroxyl groups is 1. The molecule has 0 radical (unpaired) electrons. The third-order valence-corrected chi connectivity index (χ3v) is 2.30. The first-order valence-corrected chi connectivity index (χ1v) is 4.08. The Labute approximate surface area is 79.4 Å². The van der Waals surface area contributed by atoms with Crippen LogP contribution in [0.15, 0.2) is 5.57 Å². The second-order valence-corrected chi connectivity index (χ2v) is 3.20. The highest BCUT2D eigenvalue weighted by Gasteiger charge is 2.33. The predicted octanol–water partition coefficient (Wildman–Crippen LogP) is 0.773. The fourth-order valence-electron chi connectivity index (χ4n) is 1.45. The lowest BCUT2D eigenvalue weighted by Gasteiger charge is -2.10. The Kier molecular flexibility index (Phi) is 1.57. The molecule has 0 unspecified atom stereocenters. The van der Waals surface area contributed by atoms with E-state index in [0.717, 1.165) is 0 Å². The van der Waals surface area contributed by atoms with Crippen molar-refractivity contribution in [2.24, 2.45) is 0 Å². The number of ketones is 2. The van der Waals surface area contributed by atoms with E-state index in [2.05, 4.69) is 10.2 Å². The smallest absolute Gasteiger partial charge is 0.237 e. The van der Waals surface area contributed by atoms with Gasteiger partial charge in [0.1, 0.15) is 5.69 Å². The molecule has 0 aliphatic heterocycles. The summed E-state index contributed by atoms with van der Waals surface area (Å²) < 4.78 is 0. The van der Waals surface area contributed by atoms with Crippen LogP contribution in [0.25, 0.3) is 5.76 Å². The highest BCUT2D eigenvalue weighted by atomic mass is 16.3. The van der Waals surface area contributed by atoms with E-state index in [1.165, 1.54) is 6.92 Å². The molecule has 5 nitrogen and oxygen atoms in total. The van der Waals surface area contributed by atoms with E-state index in [0.29, 0.717) is 5.69 Å². The van der Waals surface area contributed by atoms with Crippen LogP contribution in [0.5, 0.6) is 0 Å². The Morgan fingerprint density at radius 2 is 1.86 bits per heavy atom. The summed E-state index contributed by atoms with van der Waals surface area (Å²) in [6.07, 6.45) is 0. The van der Waals surface area contributed by atoms with Gasteiger partial charge in [-0.15, -0.1) is 0 Å². The minimum atomic E-state index is -0.667. The van der Waals surface area contributed by atoms with Crippen LogP contribution in [0.3, 0.4) is 0 Å². The van der Waals surface area contributed by atoms with E-state index in [4.69, 9.17) is 0 Å². The topological polar surface area (TPSA) is 83.1 Å². The van der Waals surface area contributed by atoms with Crippen molar-refractivity contribution < 1.29 is 14.7 Å². The number of aryl methyl sites for hydroxylation is 1. The number of aromatic amines is 1. The highest BCUT2D eigenvalue weighted by molar-refractivity contribution is 6.52. The maximum Gasteiger partial charge on any atom is 0.237 e. The van der Waals surface area contributed by atoms with E-state index in [1.54, 1.807) is 6.92 Å². The van der Waals surface area contributed by atoms with Crippen LogP contribution >= 0.6 is 0 Å². The van der Waals surface area contributed by atoms with Gasteiger partial charge in [0.05, 0.1) is 5.56 Å². The first-order chi connectivity index (χ1) is 6.54. The number of nitrogens with zero attached hydrogens (tertiary/aromatic N) is 1. The van der Waals surface area contributed by atoms with Crippen molar-refractivity contribution >= 4 is 17.3 Å². The SMILES string of the molecule is CC1=C(O)c2n[nH]c(C)c2C(=O)C1=O. The largest absolute Gasteiger partial charge is 0.505 e. The molecule has 0 saturated heterocycles. The number of fused-ring (bicyclic) bond motifs is 1. The molecule has 14 heavy (non-hydrogen) atoms. The van der Waals surface area contributed by atoms with Gasteiger partial charge in [-0.2, -0.15) is 5.10 Å². The summed E-state index contributed by atoms with van der Waals surface area (Å²) >= 11 is 0. The summed E-state index contributed by atoms with van der Waals surface area (Å²) in [4.78, 5) is 22.8. The number of aliphatic hydroxyl groups excluding tert-OH is 1. The molecule has 0 aromatic carbocycles. The number of rotatable bonds is 0. The fraction of sp³-hybridized carbons (Fsp3) is 0.222. The zero-order valence-corrected chi connectivity index (χ0v) is 7.71. The first kappa shape index (κ1) is 8.68. The molecule has 0 bridgehead atoms. The first-order valence-electron chi connectivity index (χ1n) is 4.08. The van der Waals surface area contributed by atoms with Gasteiger partial charge >= 0.3 is 0 Å². The number of H-pyrrole nitrogens is 1. The van der Waals surface area contributed by atoms with E-state index in [1.807, 2.05) is 0 Å². The van der Waals surface area contributed by atoms with Crippen molar-refractivity contribution in [1.82, 2.24) is 10.2 Å². The Morgan fingerprint density at radius 3 is 2.50 bits per heavy atom. The lowest BCUT2D eigenvalue weighted by Crippen LogP contribution is -2.22. The maximum atomic E-state index is 11.5. The molecular weight excluding hydrogens is 184 g/mol. The second kappa shape index (κ2) is 2.54. The monoisotopic (exact) mass is 192 g/mol. The zero-order chi connectivity index (χ0) is 10.5. The number of aromatic nitrogens is 2. The van der Waals surface area contributed by atoms with Gasteiger partial charge in [-0.05, 0) is 13.8 Å². The van der Waals surface area contributed by atoms with E-state index >= 15 is 0 Å². The van der Waals surface area contributed by atoms with Gasteiger partial charge in [0.2, 0.25) is 11.6 Å². The fourth-order valence-corrected chi connectivity index (χ4v) is 1.45. The van der Waals surface area contributed by atoms with Gasteiger partial charge < -0.3 is 5.11 Å². The Morgan fingerprint density at radius 1 is 1.21 bits per heavy atom. The molecule has 1 aromatic rings. The average Bonchev–Trinajstić information content (AvgIpc) is 2.54. The molecule has 72 valence electrons. The number of carbonyl (C=O) groups is 2. The molecule has 2 N–H and O–H groups in total. The van der Waals surface area contributed by atoms with Gasteiger partial charge in [0.25, 0.3) is 0 Å². The number of carbonyl (C=O) groups excluding carboxylic acids is 2. The summed E-state index contributed by atoms with van der Waals surface area (Å²) in [7, 11) is 0. The number of hydrogen-bond donors (Lipinski definition) is 2. The van der Waals surface area contributed by atoms with Crippen molar-refractivity contribution in [1.29, 1.82) is 0 Å². The second-order valence-electron chi connectivity index (χ2n) is 3.20. The minimum Gasteiger partial charge on any atom is -0.505 e. The lowest BCUT2D eigenvalue weighted by molar-refractivity contribution is -0.111. The van der Waals surface area contributed by atoms with E-state index < -0.39 is 11.6 Å². The predicted molar refractivity (Wildman–Crippen MR) is 47.9 cm³/mol. The number of nitrogens with one attached hydrogen (secondary N) is 1. The van der Waals surface area contributed by atoms with Gasteiger partial charge in [0, 0.05) is 11.3 Å². The molecule has 5 heteroatoms. The van der Waals surface area contributed by atoms with E-state index in [-0.39, 0.29) is 22.6 Å². The molecule has 0 fully saturated rings. The van der Waals surface area contributed by atoms with Gasteiger partial charge in [-0.3, -0.25) is 14.7 Å². The van der Waals surface area contributed by atoms with Crippen LogP contribution in [-0.4, -0.2) is 26.9 Å². The quantitative estimate of drug-likeness (QED) is 0.595. The van der Waals surface area contributed by atoms with Crippen LogP contribution < -0.4 is 0 Å². The molecular formula is C9H8N2O3. The number of Topliss-reactive ketones (excluding diaryl/α,β-unsaturated/α-hetero) is 2. The van der Waals surface area contributed by atoms with Crippen LogP contribution in [0, 0.1) is 6.92 Å². The summed E-state index contributed by atoms with van der Waals surface area (Å²) in [6, 6.07) is 0. The highest BCUT2D eigenvalue weighted by Crippen LogP contribution is 2.27. The summed E-state index contributed by atoms with van der Waals surface area (Å²) in [5.74, 6) is -1.49. The zero-order valence-electron chi connectivity index (χ0n) is 7.71. The van der Waals surface area contributed by atoms with E-state index in [9.17, 15) is 14.7 Å². The Bertz CT molecular complexity index is 482. The van der Waals surface area contributed by atoms with Gasteiger partial charge in [-0.25, -0.2) is 0 Å². The molecule has 1 aliphatic rings. The Hall–Kier alpha value is -1.91. The van der Waals surface area contributed by atoms with Crippen LogP contribution in [0.4, 0.5) is 0 Å². The standard InChI is InChI=1S/C9H8N2O3/c1-3-7(12)6-5(4(2)10-11-6)9(14)8(3)13/h12H,1-2H3,(H,10,11). The van der Waals surface area contributed by atoms with Crippen LogP contribution in [-0.2, 0) is 4.79 Å². The van der Waals surface area contributed by atoms with Gasteiger partial charge in [0.15, 0.2) is 5.76 Å². The summed E-state index contributed by atoms with van der Waals surface area (Å²) in [6.45, 7) is 3.04. The molecule has 1 heterocycles. The molecule has 1 aromatic heterocycles. The molecule has 0 atom stereocenters. The molecule has 1 aliphatic carbocycles.